The summed E-state index contributed by atoms with van der Waals surface area (Å²) in [6.45, 7) is 3.18. The van der Waals surface area contributed by atoms with Gasteiger partial charge in [-0.2, -0.15) is 0 Å². The predicted octanol–water partition coefficient (Wildman–Crippen LogP) is 1.40. The Kier molecular flexibility index (Phi) is 4.37. The van der Waals surface area contributed by atoms with Gasteiger partial charge in [0.2, 0.25) is 0 Å². The van der Waals surface area contributed by atoms with Crippen molar-refractivity contribution >= 4 is 11.3 Å². The van der Waals surface area contributed by atoms with Gasteiger partial charge in [0, 0.05) is 31.2 Å². The minimum Gasteiger partial charge on any atom is -0.394 e. The van der Waals surface area contributed by atoms with Crippen LogP contribution in [0.4, 0.5) is 0 Å². The molecule has 6 heteroatoms. The van der Waals surface area contributed by atoms with Gasteiger partial charge >= 0.3 is 0 Å². The lowest BCUT2D eigenvalue weighted by molar-refractivity contribution is -0.0553. The first-order valence-electron chi connectivity index (χ1n) is 6.66. The zero-order chi connectivity index (χ0) is 13.8. The minimum absolute atomic E-state index is 0.0716. The van der Waals surface area contributed by atoms with Crippen LogP contribution in [0.1, 0.15) is 5.69 Å². The van der Waals surface area contributed by atoms with Gasteiger partial charge in [-0.1, -0.05) is 6.07 Å². The topological polar surface area (TPSA) is 58.5 Å². The molecule has 0 radical (unpaired) electrons. The van der Waals surface area contributed by atoms with E-state index in [9.17, 15) is 0 Å². The molecule has 0 aliphatic carbocycles. The zero-order valence-corrected chi connectivity index (χ0v) is 11.9. The normalized spacial score (nSPS) is 20.1. The van der Waals surface area contributed by atoms with Crippen LogP contribution in [-0.2, 0) is 11.3 Å². The Labute approximate surface area is 121 Å². The first-order valence-corrected chi connectivity index (χ1v) is 7.54. The first-order chi connectivity index (χ1) is 9.85. The first kappa shape index (κ1) is 13.6. The summed E-state index contributed by atoms with van der Waals surface area (Å²) >= 11 is 1.62. The molecule has 0 bridgehead atoms. The highest BCUT2D eigenvalue weighted by Gasteiger charge is 2.20. The summed E-state index contributed by atoms with van der Waals surface area (Å²) in [5, 5.41) is 12.2. The molecule has 1 unspecified atom stereocenters. The van der Waals surface area contributed by atoms with Crippen molar-refractivity contribution in [2.45, 2.75) is 12.6 Å². The second-order valence-electron chi connectivity index (χ2n) is 4.77. The maximum Gasteiger partial charge on any atom is 0.142 e. The van der Waals surface area contributed by atoms with Crippen LogP contribution in [0.3, 0.4) is 0 Å². The quantitative estimate of drug-likeness (QED) is 0.922. The molecule has 0 spiro atoms. The lowest BCUT2D eigenvalue weighted by Crippen LogP contribution is -2.43. The number of thiazole rings is 1. The van der Waals surface area contributed by atoms with E-state index in [2.05, 4.69) is 20.2 Å². The molecule has 1 N–H and O–H groups in total. The molecule has 3 rings (SSSR count). The van der Waals surface area contributed by atoms with Crippen LogP contribution in [0.15, 0.2) is 29.8 Å². The molecule has 1 fully saturated rings. The average molecular weight is 291 g/mol. The Hall–Kier alpha value is -1.34. The Balaban J connectivity index is 1.65. The number of ether oxygens (including phenoxy) is 1. The highest BCUT2D eigenvalue weighted by Crippen LogP contribution is 2.22. The standard InChI is InChI=1S/C14H17N3O2S/c18-9-12-8-17(5-6-19-12)7-11-10-20-14(16-11)13-3-1-2-4-15-13/h1-4,10,12,18H,5-9H2. The molecular formula is C14H17N3O2S. The van der Waals surface area contributed by atoms with Crippen molar-refractivity contribution in [1.29, 1.82) is 0 Å². The van der Waals surface area contributed by atoms with E-state index in [4.69, 9.17) is 9.84 Å². The van der Waals surface area contributed by atoms with Crippen LogP contribution in [0.25, 0.3) is 10.7 Å². The third-order valence-corrected chi connectivity index (χ3v) is 4.16. The van der Waals surface area contributed by atoms with Crippen molar-refractivity contribution in [1.82, 2.24) is 14.9 Å². The van der Waals surface area contributed by atoms with Crippen LogP contribution in [0.2, 0.25) is 0 Å². The highest BCUT2D eigenvalue weighted by molar-refractivity contribution is 7.13. The maximum absolute atomic E-state index is 9.15. The van der Waals surface area contributed by atoms with E-state index >= 15 is 0 Å². The van der Waals surface area contributed by atoms with E-state index in [1.165, 1.54) is 0 Å². The molecule has 0 amide bonds. The molecule has 5 nitrogen and oxygen atoms in total. The Morgan fingerprint density at radius 1 is 1.45 bits per heavy atom. The number of pyridine rings is 1. The number of rotatable bonds is 4. The predicted molar refractivity (Wildman–Crippen MR) is 77.4 cm³/mol. The Morgan fingerprint density at radius 2 is 2.40 bits per heavy atom. The molecule has 3 heterocycles. The fraction of sp³-hybridized carbons (Fsp3) is 0.429. The molecule has 20 heavy (non-hydrogen) atoms. The summed E-state index contributed by atoms with van der Waals surface area (Å²) in [5.74, 6) is 0. The molecule has 2 aromatic heterocycles. The van der Waals surface area contributed by atoms with Crippen molar-refractivity contribution in [3.8, 4) is 10.7 Å². The van der Waals surface area contributed by atoms with E-state index in [1.54, 1.807) is 17.5 Å². The van der Waals surface area contributed by atoms with Gasteiger partial charge in [0.15, 0.2) is 0 Å². The number of hydrogen-bond acceptors (Lipinski definition) is 6. The third-order valence-electron chi connectivity index (χ3n) is 3.25. The van der Waals surface area contributed by atoms with Crippen molar-refractivity contribution < 1.29 is 9.84 Å². The monoisotopic (exact) mass is 291 g/mol. The molecule has 2 aromatic rings. The van der Waals surface area contributed by atoms with E-state index in [1.807, 2.05) is 18.2 Å². The van der Waals surface area contributed by atoms with Gasteiger partial charge in [-0.25, -0.2) is 4.98 Å². The number of aliphatic hydroxyl groups excluding tert-OH is 1. The SMILES string of the molecule is OCC1CN(Cc2csc(-c3ccccn3)n2)CCO1. The third kappa shape index (κ3) is 3.21. The van der Waals surface area contributed by atoms with E-state index in [-0.39, 0.29) is 12.7 Å². The van der Waals surface area contributed by atoms with E-state index in [0.717, 1.165) is 36.0 Å². The van der Waals surface area contributed by atoms with Gasteiger partial charge in [-0.3, -0.25) is 9.88 Å². The van der Waals surface area contributed by atoms with E-state index in [0.29, 0.717) is 6.61 Å². The summed E-state index contributed by atoms with van der Waals surface area (Å²) < 4.78 is 5.45. The maximum atomic E-state index is 9.15. The zero-order valence-electron chi connectivity index (χ0n) is 11.1. The largest absolute Gasteiger partial charge is 0.394 e. The number of aromatic nitrogens is 2. The molecule has 0 aromatic carbocycles. The molecular weight excluding hydrogens is 274 g/mol. The summed E-state index contributed by atoms with van der Waals surface area (Å²) in [4.78, 5) is 11.2. The number of morpholine rings is 1. The summed E-state index contributed by atoms with van der Waals surface area (Å²) in [6, 6.07) is 5.84. The fourth-order valence-corrected chi connectivity index (χ4v) is 3.04. The highest BCUT2D eigenvalue weighted by atomic mass is 32.1. The molecule has 1 atom stereocenters. The Morgan fingerprint density at radius 3 is 3.20 bits per heavy atom. The second kappa shape index (κ2) is 6.41. The summed E-state index contributed by atoms with van der Waals surface area (Å²) in [7, 11) is 0. The van der Waals surface area contributed by atoms with Crippen molar-refractivity contribution in [3.63, 3.8) is 0 Å². The van der Waals surface area contributed by atoms with Gasteiger partial charge in [0.25, 0.3) is 0 Å². The Bertz CT molecular complexity index is 546. The van der Waals surface area contributed by atoms with Crippen molar-refractivity contribution in [3.05, 3.63) is 35.5 Å². The van der Waals surface area contributed by atoms with Crippen LogP contribution in [-0.4, -0.2) is 52.4 Å². The number of hydrogen-bond donors (Lipinski definition) is 1. The van der Waals surface area contributed by atoms with Gasteiger partial charge in [0.1, 0.15) is 5.01 Å². The van der Waals surface area contributed by atoms with E-state index < -0.39 is 0 Å². The fourth-order valence-electron chi connectivity index (χ4n) is 2.25. The van der Waals surface area contributed by atoms with Crippen LogP contribution in [0, 0.1) is 0 Å². The van der Waals surface area contributed by atoms with Gasteiger partial charge in [-0.05, 0) is 12.1 Å². The minimum atomic E-state index is -0.0716. The van der Waals surface area contributed by atoms with Gasteiger partial charge in [0.05, 0.1) is 30.7 Å². The lowest BCUT2D eigenvalue weighted by atomic mass is 10.2. The lowest BCUT2D eigenvalue weighted by Gasteiger charge is -2.31. The molecule has 106 valence electrons. The van der Waals surface area contributed by atoms with Crippen LogP contribution >= 0.6 is 11.3 Å². The number of nitrogens with zero attached hydrogens (tertiary/aromatic N) is 3. The van der Waals surface area contributed by atoms with Crippen LogP contribution < -0.4 is 0 Å². The van der Waals surface area contributed by atoms with Crippen LogP contribution in [0.5, 0.6) is 0 Å². The average Bonchev–Trinajstić information content (AvgIpc) is 2.97. The summed E-state index contributed by atoms with van der Waals surface area (Å²) in [5.41, 5.74) is 1.97. The molecule has 1 aliphatic heterocycles. The number of aliphatic hydroxyl groups is 1. The molecule has 0 saturated carbocycles. The van der Waals surface area contributed by atoms with Gasteiger partial charge < -0.3 is 9.84 Å². The van der Waals surface area contributed by atoms with Crippen molar-refractivity contribution in [2.75, 3.05) is 26.3 Å². The molecule has 1 saturated heterocycles. The second-order valence-corrected chi connectivity index (χ2v) is 5.63. The van der Waals surface area contributed by atoms with Gasteiger partial charge in [-0.15, -0.1) is 11.3 Å². The van der Waals surface area contributed by atoms with Crippen molar-refractivity contribution in [2.24, 2.45) is 0 Å². The summed E-state index contributed by atoms with van der Waals surface area (Å²) in [6.07, 6.45) is 1.71. The molecule has 1 aliphatic rings. The smallest absolute Gasteiger partial charge is 0.142 e.